The number of anilines is 1. The summed E-state index contributed by atoms with van der Waals surface area (Å²) in [6.45, 7) is 0. The summed E-state index contributed by atoms with van der Waals surface area (Å²) in [5.41, 5.74) is 8.16. The molecular formula is C14H9N5S. The number of nitrogens with zero attached hydrogens (tertiary/aromatic N) is 4. The maximum atomic E-state index is 9.17. The first-order chi connectivity index (χ1) is 9.81. The third-order valence-electron chi connectivity index (χ3n) is 2.77. The maximum Gasteiger partial charge on any atom is 0.170 e. The van der Waals surface area contributed by atoms with Crippen LogP contribution in [0.4, 0.5) is 5.69 Å². The minimum atomic E-state index is 0.452. The Labute approximate surface area is 119 Å². The molecule has 0 aliphatic heterocycles. The smallest absolute Gasteiger partial charge is 0.170 e. The molecule has 3 heterocycles. The highest BCUT2D eigenvalue weighted by atomic mass is 32.1. The minimum absolute atomic E-state index is 0.452. The number of nitrogens with two attached hydrogens (primary N) is 1. The second kappa shape index (κ2) is 5.07. The van der Waals surface area contributed by atoms with Gasteiger partial charge in [-0.15, -0.1) is 11.3 Å². The van der Waals surface area contributed by atoms with Gasteiger partial charge in [-0.05, 0) is 12.1 Å². The monoisotopic (exact) mass is 279 g/mol. The van der Waals surface area contributed by atoms with Gasteiger partial charge >= 0.3 is 0 Å². The van der Waals surface area contributed by atoms with Gasteiger partial charge in [0.1, 0.15) is 10.9 Å². The first kappa shape index (κ1) is 12.3. The van der Waals surface area contributed by atoms with Crippen molar-refractivity contribution in [1.29, 1.82) is 5.26 Å². The number of pyridine rings is 1. The molecule has 0 amide bonds. The lowest BCUT2D eigenvalue weighted by Gasteiger charge is -2.03. The van der Waals surface area contributed by atoms with Crippen LogP contribution in [0, 0.1) is 11.3 Å². The van der Waals surface area contributed by atoms with E-state index in [4.69, 9.17) is 5.73 Å². The van der Waals surface area contributed by atoms with Crippen molar-refractivity contribution in [2.24, 2.45) is 0 Å². The van der Waals surface area contributed by atoms with Gasteiger partial charge < -0.3 is 5.73 Å². The van der Waals surface area contributed by atoms with E-state index in [2.05, 4.69) is 21.0 Å². The summed E-state index contributed by atoms with van der Waals surface area (Å²) < 4.78 is 0. The van der Waals surface area contributed by atoms with Crippen LogP contribution in [0.5, 0.6) is 0 Å². The van der Waals surface area contributed by atoms with Crippen LogP contribution in [-0.2, 0) is 0 Å². The van der Waals surface area contributed by atoms with Crippen molar-refractivity contribution < 1.29 is 0 Å². The van der Waals surface area contributed by atoms with Gasteiger partial charge in [-0.1, -0.05) is 6.07 Å². The molecule has 0 saturated carbocycles. The lowest BCUT2D eigenvalue weighted by molar-refractivity contribution is 1.19. The first-order valence-corrected chi connectivity index (χ1v) is 6.63. The van der Waals surface area contributed by atoms with Crippen molar-refractivity contribution in [3.05, 3.63) is 47.9 Å². The van der Waals surface area contributed by atoms with Crippen LogP contribution >= 0.6 is 11.3 Å². The Bertz CT molecular complexity index is 775. The van der Waals surface area contributed by atoms with Gasteiger partial charge in [-0.3, -0.25) is 4.98 Å². The number of nitriles is 1. The molecule has 96 valence electrons. The summed E-state index contributed by atoms with van der Waals surface area (Å²) in [6, 6.07) is 7.59. The number of hydrogen-bond acceptors (Lipinski definition) is 6. The molecule has 3 aromatic heterocycles. The fraction of sp³-hybridized carbons (Fsp3) is 0. The molecule has 0 unspecified atom stereocenters. The molecule has 0 aliphatic carbocycles. The lowest BCUT2D eigenvalue weighted by atomic mass is 10.1. The highest BCUT2D eigenvalue weighted by molar-refractivity contribution is 7.17. The van der Waals surface area contributed by atoms with Crippen LogP contribution in [0.25, 0.3) is 21.8 Å². The van der Waals surface area contributed by atoms with E-state index >= 15 is 0 Å². The van der Waals surface area contributed by atoms with Gasteiger partial charge in [0.2, 0.25) is 0 Å². The molecule has 6 heteroatoms. The average Bonchev–Trinajstić information content (AvgIpc) is 2.86. The molecule has 0 fully saturated rings. The number of aromatic nitrogens is 3. The number of rotatable bonds is 2. The molecule has 3 rings (SSSR count). The molecule has 0 bridgehead atoms. The topological polar surface area (TPSA) is 88.5 Å². The van der Waals surface area contributed by atoms with Gasteiger partial charge in [0, 0.05) is 35.9 Å². The molecule has 0 spiro atoms. The molecule has 0 aliphatic rings. The van der Waals surface area contributed by atoms with Gasteiger partial charge in [-0.2, -0.15) is 5.26 Å². The zero-order valence-electron chi connectivity index (χ0n) is 10.3. The molecular weight excluding hydrogens is 270 g/mol. The predicted octanol–water partition coefficient (Wildman–Crippen LogP) is 2.72. The SMILES string of the molecule is N#Cc1sc(-c2ncccn2)c(-c2cccnc2)c1N. The summed E-state index contributed by atoms with van der Waals surface area (Å²) >= 11 is 1.30. The van der Waals surface area contributed by atoms with Crippen LogP contribution in [0.15, 0.2) is 43.0 Å². The standard InChI is InChI=1S/C14H9N5S/c15-7-10-12(16)11(9-3-1-4-17-8-9)13(20-10)14-18-5-2-6-19-14/h1-6,8H,16H2. The largest absolute Gasteiger partial charge is 0.396 e. The minimum Gasteiger partial charge on any atom is -0.396 e. The molecule has 5 nitrogen and oxygen atoms in total. The van der Waals surface area contributed by atoms with Gasteiger partial charge in [0.25, 0.3) is 0 Å². The third kappa shape index (κ3) is 2.00. The van der Waals surface area contributed by atoms with E-state index < -0.39 is 0 Å². The number of nitrogen functional groups attached to an aromatic ring is 1. The van der Waals surface area contributed by atoms with E-state index in [0.717, 1.165) is 16.0 Å². The van der Waals surface area contributed by atoms with E-state index in [-0.39, 0.29) is 0 Å². The molecule has 3 aromatic rings. The highest BCUT2D eigenvalue weighted by Crippen LogP contribution is 2.43. The van der Waals surface area contributed by atoms with Crippen LogP contribution in [-0.4, -0.2) is 15.0 Å². The zero-order chi connectivity index (χ0) is 13.9. The normalized spacial score (nSPS) is 10.2. The second-order valence-electron chi connectivity index (χ2n) is 3.97. The third-order valence-corrected chi connectivity index (χ3v) is 3.87. The predicted molar refractivity (Wildman–Crippen MR) is 77.7 cm³/mol. The average molecular weight is 279 g/mol. The summed E-state index contributed by atoms with van der Waals surface area (Å²) in [5.74, 6) is 0.560. The van der Waals surface area contributed by atoms with Gasteiger partial charge in [0.05, 0.1) is 10.6 Å². The Kier molecular flexibility index (Phi) is 3.11. The zero-order valence-corrected chi connectivity index (χ0v) is 11.1. The molecule has 2 N–H and O–H groups in total. The molecule has 0 radical (unpaired) electrons. The van der Waals surface area contributed by atoms with Crippen molar-refractivity contribution in [2.75, 3.05) is 5.73 Å². The van der Waals surface area contributed by atoms with Gasteiger partial charge in [-0.25, -0.2) is 9.97 Å². The molecule has 0 aromatic carbocycles. The van der Waals surface area contributed by atoms with Crippen LogP contribution in [0.1, 0.15) is 4.88 Å². The van der Waals surface area contributed by atoms with Crippen LogP contribution in [0.3, 0.4) is 0 Å². The quantitative estimate of drug-likeness (QED) is 0.779. The van der Waals surface area contributed by atoms with Crippen molar-refractivity contribution in [2.45, 2.75) is 0 Å². The molecule has 0 atom stereocenters. The Morgan fingerprint density at radius 2 is 1.95 bits per heavy atom. The van der Waals surface area contributed by atoms with E-state index in [9.17, 15) is 5.26 Å². The first-order valence-electron chi connectivity index (χ1n) is 5.81. The van der Waals surface area contributed by atoms with Gasteiger partial charge in [0.15, 0.2) is 5.82 Å². The van der Waals surface area contributed by atoms with Crippen molar-refractivity contribution in [3.63, 3.8) is 0 Å². The summed E-state index contributed by atoms with van der Waals surface area (Å²) in [7, 11) is 0. The van der Waals surface area contributed by atoms with Crippen molar-refractivity contribution in [3.8, 4) is 27.9 Å². The highest BCUT2D eigenvalue weighted by Gasteiger charge is 2.20. The fourth-order valence-corrected chi connectivity index (χ4v) is 2.89. The summed E-state index contributed by atoms with van der Waals surface area (Å²) in [4.78, 5) is 13.8. The van der Waals surface area contributed by atoms with Crippen LogP contribution < -0.4 is 5.73 Å². The Balaban J connectivity index is 2.28. The van der Waals surface area contributed by atoms with E-state index in [0.29, 0.717) is 16.4 Å². The second-order valence-corrected chi connectivity index (χ2v) is 5.00. The van der Waals surface area contributed by atoms with Crippen molar-refractivity contribution >= 4 is 17.0 Å². The summed E-state index contributed by atoms with van der Waals surface area (Å²) in [6.07, 6.45) is 6.73. The molecule has 0 saturated heterocycles. The maximum absolute atomic E-state index is 9.17. The van der Waals surface area contributed by atoms with E-state index in [1.807, 2.05) is 12.1 Å². The van der Waals surface area contributed by atoms with Crippen LogP contribution in [0.2, 0.25) is 0 Å². The summed E-state index contributed by atoms with van der Waals surface area (Å²) in [5, 5.41) is 9.17. The van der Waals surface area contributed by atoms with E-state index in [1.54, 1.807) is 30.9 Å². The Morgan fingerprint density at radius 1 is 1.15 bits per heavy atom. The fourth-order valence-electron chi connectivity index (χ4n) is 1.90. The lowest BCUT2D eigenvalue weighted by Crippen LogP contribution is -1.91. The molecule has 20 heavy (non-hydrogen) atoms. The number of hydrogen-bond donors (Lipinski definition) is 1. The van der Waals surface area contributed by atoms with E-state index in [1.165, 1.54) is 11.3 Å². The number of thiophene rings is 1. The Morgan fingerprint density at radius 3 is 2.60 bits per heavy atom. The Hall–Kier alpha value is -2.78. The van der Waals surface area contributed by atoms with Crippen molar-refractivity contribution in [1.82, 2.24) is 15.0 Å².